The minimum atomic E-state index is -1.83. The summed E-state index contributed by atoms with van der Waals surface area (Å²) < 4.78 is 20.3. The third-order valence-electron chi connectivity index (χ3n) is 9.06. The van der Waals surface area contributed by atoms with E-state index in [1.807, 2.05) is 24.3 Å². The van der Waals surface area contributed by atoms with E-state index in [1.54, 1.807) is 14.0 Å². The maximum atomic E-state index is 14.2. The van der Waals surface area contributed by atoms with E-state index in [-0.39, 0.29) is 24.1 Å². The molecule has 2 N–H and O–H groups in total. The average molecular weight is 610 g/mol. The van der Waals surface area contributed by atoms with Crippen molar-refractivity contribution in [1.82, 2.24) is 14.1 Å². The van der Waals surface area contributed by atoms with Crippen molar-refractivity contribution in [3.8, 4) is 16.5 Å². The van der Waals surface area contributed by atoms with Crippen LogP contribution in [-0.2, 0) is 21.6 Å². The molecule has 11 nitrogen and oxygen atoms in total. The number of hydrogen-bond acceptors (Lipinski definition) is 9. The Kier molecular flexibility index (Phi) is 7.55. The highest BCUT2D eigenvalue weighted by Gasteiger charge is 2.43. The minimum Gasteiger partial charge on any atom is -0.496 e. The molecule has 0 saturated heterocycles. The predicted molar refractivity (Wildman–Crippen MR) is 160 cm³/mol. The van der Waals surface area contributed by atoms with E-state index in [4.69, 9.17) is 13.9 Å². The van der Waals surface area contributed by atoms with Gasteiger partial charge in [0.05, 0.1) is 42.3 Å². The monoisotopic (exact) mass is 609 g/mol. The first kappa shape index (κ1) is 29.3. The van der Waals surface area contributed by atoms with E-state index < -0.39 is 28.9 Å². The molecular weight excluding hydrogens is 574 g/mol. The number of ether oxygens (including phenoxy) is 2. The summed E-state index contributed by atoms with van der Waals surface area (Å²) in [5.41, 5.74) is -1.98. The number of aryl methyl sites for hydroxylation is 1. The van der Waals surface area contributed by atoms with Gasteiger partial charge < -0.3 is 24.1 Å². The highest BCUT2D eigenvalue weighted by atomic mass is 32.1. The second kappa shape index (κ2) is 11.1. The lowest BCUT2D eigenvalue weighted by atomic mass is 10.0. The minimum absolute atomic E-state index is 0.00508. The molecule has 2 unspecified atom stereocenters. The zero-order chi connectivity index (χ0) is 30.6. The molecule has 4 aromatic rings. The first-order valence-corrected chi connectivity index (χ1v) is 15.2. The Morgan fingerprint density at radius 2 is 1.88 bits per heavy atom. The molecule has 6 rings (SSSR count). The van der Waals surface area contributed by atoms with Crippen molar-refractivity contribution < 1.29 is 28.9 Å². The molecule has 0 radical (unpaired) electrons. The van der Waals surface area contributed by atoms with Crippen LogP contribution < -0.4 is 16.0 Å². The number of rotatable bonds is 9. The highest BCUT2D eigenvalue weighted by molar-refractivity contribution is 7.22. The quantitative estimate of drug-likeness (QED) is 0.283. The molecule has 3 aromatic heterocycles. The van der Waals surface area contributed by atoms with Gasteiger partial charge >= 0.3 is 11.7 Å². The molecule has 3 heterocycles. The molecule has 2 saturated carbocycles. The molecule has 5 atom stereocenters. The van der Waals surface area contributed by atoms with E-state index in [0.29, 0.717) is 38.7 Å². The fourth-order valence-electron chi connectivity index (χ4n) is 6.82. The van der Waals surface area contributed by atoms with Gasteiger partial charge in [-0.25, -0.2) is 19.1 Å². The van der Waals surface area contributed by atoms with Gasteiger partial charge in [-0.1, -0.05) is 18.2 Å². The molecule has 1 aromatic carbocycles. The molecule has 0 bridgehead atoms. The molecular formula is C31H35N3O8S. The van der Waals surface area contributed by atoms with Crippen LogP contribution >= 0.6 is 11.3 Å². The van der Waals surface area contributed by atoms with Gasteiger partial charge in [0, 0.05) is 5.56 Å². The maximum Gasteiger partial charge on any atom is 0.333 e. The number of aromatic nitrogens is 3. The second-order valence-corrected chi connectivity index (χ2v) is 13.1. The van der Waals surface area contributed by atoms with Gasteiger partial charge in [-0.15, -0.1) is 11.3 Å². The number of carboxylic acid groups (broad SMARTS) is 1. The molecule has 0 spiro atoms. The standard InChI is InChI=1S/C31H35N3O8S/c1-16-24-27(36)34(31(2,3)29(37)38)30(39)33(28(24)43-25(16)26-32-9-10-41-26)15-23(21-7-5-6-8-22(21)40-4)42-20-13-17-11-19(35)12-18(17)14-20/h5-10,17-20,23,35H,11-15H2,1-4H3,(H,37,38)/t17-,18?,19-,20+,23?/m0/s1. The smallest absolute Gasteiger partial charge is 0.333 e. The molecule has 12 heteroatoms. The SMILES string of the molecule is COc1ccccc1C(Cn1c(=O)n(C(C)(C)C(=O)O)c(=O)c2c(C)c(-c3ncco3)sc21)O[C@H]1CC2C[C@@H](O)C[C@H]2C1. The molecule has 43 heavy (non-hydrogen) atoms. The van der Waals surface area contributed by atoms with Gasteiger partial charge in [-0.2, -0.15) is 0 Å². The van der Waals surface area contributed by atoms with Crippen molar-refractivity contribution in [2.45, 2.75) is 76.9 Å². The Labute approximate surface area is 251 Å². The van der Waals surface area contributed by atoms with Gasteiger partial charge in [0.1, 0.15) is 28.5 Å². The third-order valence-corrected chi connectivity index (χ3v) is 10.4. The summed E-state index contributed by atoms with van der Waals surface area (Å²) in [7, 11) is 1.57. The Balaban J connectivity index is 1.52. The van der Waals surface area contributed by atoms with Crippen molar-refractivity contribution in [2.24, 2.45) is 11.8 Å². The summed E-state index contributed by atoms with van der Waals surface area (Å²) in [6, 6.07) is 7.44. The third kappa shape index (κ3) is 5.00. The van der Waals surface area contributed by atoms with Gasteiger partial charge in [0.2, 0.25) is 5.89 Å². The van der Waals surface area contributed by atoms with Crippen LogP contribution in [-0.4, -0.2) is 49.6 Å². The number of benzene rings is 1. The zero-order valence-electron chi connectivity index (χ0n) is 24.5. The number of aliphatic hydroxyl groups is 1. The van der Waals surface area contributed by atoms with Crippen LogP contribution in [0.15, 0.2) is 50.7 Å². The van der Waals surface area contributed by atoms with Crippen molar-refractivity contribution in [3.05, 3.63) is 68.7 Å². The zero-order valence-corrected chi connectivity index (χ0v) is 25.3. The highest BCUT2D eigenvalue weighted by Crippen LogP contribution is 2.47. The normalized spacial score (nSPS) is 22.6. The number of aliphatic carboxylic acids is 1. The number of nitrogens with zero attached hydrogens (tertiary/aromatic N) is 3. The molecule has 0 amide bonds. The summed E-state index contributed by atoms with van der Waals surface area (Å²) in [5, 5.41) is 20.4. The number of aliphatic hydroxyl groups excluding tert-OH is 1. The van der Waals surface area contributed by atoms with Crippen LogP contribution in [0.25, 0.3) is 21.0 Å². The summed E-state index contributed by atoms with van der Waals surface area (Å²) in [6.07, 6.45) is 5.03. The van der Waals surface area contributed by atoms with Crippen molar-refractivity contribution >= 4 is 27.5 Å². The Hall–Kier alpha value is -3.74. The fraction of sp³-hybridized carbons (Fsp3) is 0.484. The van der Waals surface area contributed by atoms with E-state index in [0.717, 1.165) is 35.8 Å². The van der Waals surface area contributed by atoms with Crippen molar-refractivity contribution in [2.75, 3.05) is 7.11 Å². The van der Waals surface area contributed by atoms with Crippen LogP contribution in [0.5, 0.6) is 5.75 Å². The number of para-hydroxylation sites is 1. The van der Waals surface area contributed by atoms with Crippen LogP contribution in [0.1, 0.15) is 56.8 Å². The second-order valence-electron chi connectivity index (χ2n) is 12.1. The van der Waals surface area contributed by atoms with Crippen LogP contribution in [0.4, 0.5) is 0 Å². The Bertz CT molecular complexity index is 1770. The van der Waals surface area contributed by atoms with Gasteiger partial charge in [-0.05, 0) is 69.9 Å². The summed E-state index contributed by atoms with van der Waals surface area (Å²) in [6.45, 7) is 4.42. The maximum absolute atomic E-state index is 14.2. The van der Waals surface area contributed by atoms with Gasteiger partial charge in [0.15, 0.2) is 0 Å². The predicted octanol–water partition coefficient (Wildman–Crippen LogP) is 4.32. The summed E-state index contributed by atoms with van der Waals surface area (Å²) in [5.74, 6) is 0.352. The molecule has 2 fully saturated rings. The van der Waals surface area contributed by atoms with E-state index in [9.17, 15) is 24.6 Å². The van der Waals surface area contributed by atoms with Crippen LogP contribution in [0.2, 0.25) is 0 Å². The number of oxazole rings is 1. The van der Waals surface area contributed by atoms with E-state index in [1.165, 1.54) is 42.2 Å². The van der Waals surface area contributed by atoms with Crippen molar-refractivity contribution in [1.29, 1.82) is 0 Å². The number of carboxylic acids is 1. The molecule has 228 valence electrons. The van der Waals surface area contributed by atoms with Crippen molar-refractivity contribution in [3.63, 3.8) is 0 Å². The first-order chi connectivity index (χ1) is 20.5. The number of carbonyl (C=O) groups is 1. The average Bonchev–Trinajstić information content (AvgIpc) is 3.74. The van der Waals surface area contributed by atoms with Crippen LogP contribution in [0, 0.1) is 18.8 Å². The molecule has 2 aliphatic carbocycles. The fourth-order valence-corrected chi connectivity index (χ4v) is 8.06. The number of thiophene rings is 1. The largest absolute Gasteiger partial charge is 0.496 e. The summed E-state index contributed by atoms with van der Waals surface area (Å²) >= 11 is 1.20. The van der Waals surface area contributed by atoms with E-state index in [2.05, 4.69) is 4.98 Å². The molecule has 2 aliphatic rings. The van der Waals surface area contributed by atoms with E-state index >= 15 is 0 Å². The number of hydrogen-bond donors (Lipinski definition) is 2. The Morgan fingerprint density at radius 3 is 2.51 bits per heavy atom. The summed E-state index contributed by atoms with van der Waals surface area (Å²) in [4.78, 5) is 45.7. The topological polar surface area (TPSA) is 146 Å². The van der Waals surface area contributed by atoms with Gasteiger partial charge in [0.25, 0.3) is 5.56 Å². The lowest BCUT2D eigenvalue weighted by Gasteiger charge is -2.27. The van der Waals surface area contributed by atoms with Gasteiger partial charge in [-0.3, -0.25) is 9.36 Å². The number of fused-ring (bicyclic) bond motifs is 2. The molecule has 0 aliphatic heterocycles. The number of methoxy groups -OCH3 is 1. The Morgan fingerprint density at radius 1 is 1.19 bits per heavy atom. The lowest BCUT2D eigenvalue weighted by molar-refractivity contribution is -0.146. The first-order valence-electron chi connectivity index (χ1n) is 14.4. The van der Waals surface area contributed by atoms with Crippen LogP contribution in [0.3, 0.4) is 0 Å². The lowest BCUT2D eigenvalue weighted by Crippen LogP contribution is -2.52.